The number of carbonyl (C=O) groups is 1. The molecule has 0 bridgehead atoms. The van der Waals surface area contributed by atoms with E-state index in [2.05, 4.69) is 4.98 Å². The van der Waals surface area contributed by atoms with E-state index in [-0.39, 0.29) is 18.5 Å². The minimum absolute atomic E-state index is 0.00644. The smallest absolute Gasteiger partial charge is 0.408 e. The lowest BCUT2D eigenvalue weighted by molar-refractivity contribution is -0.133. The molecule has 3 aromatic rings. The maximum absolute atomic E-state index is 12.7. The number of oxazole rings is 1. The summed E-state index contributed by atoms with van der Waals surface area (Å²) in [4.78, 5) is 30.6. The predicted octanol–water partition coefficient (Wildman–Crippen LogP) is 1.65. The predicted molar refractivity (Wildman–Crippen MR) is 87.6 cm³/mol. The van der Waals surface area contributed by atoms with Crippen molar-refractivity contribution in [1.29, 1.82) is 0 Å². The van der Waals surface area contributed by atoms with Gasteiger partial charge in [0.25, 0.3) is 0 Å². The number of hydrogen-bond donors (Lipinski definition) is 0. The molecule has 1 aliphatic heterocycles. The second-order valence-corrected chi connectivity index (χ2v) is 6.07. The first-order chi connectivity index (χ1) is 11.7. The van der Waals surface area contributed by atoms with Gasteiger partial charge in [-0.2, -0.15) is 0 Å². The van der Waals surface area contributed by atoms with Crippen molar-refractivity contribution in [2.24, 2.45) is 0 Å². The summed E-state index contributed by atoms with van der Waals surface area (Å²) in [7, 11) is 0. The zero-order chi connectivity index (χ0) is 16.5. The van der Waals surface area contributed by atoms with Gasteiger partial charge in [0, 0.05) is 25.5 Å². The average molecular weight is 326 g/mol. The van der Waals surface area contributed by atoms with Crippen molar-refractivity contribution >= 4 is 17.0 Å². The van der Waals surface area contributed by atoms with Crippen LogP contribution in [0.4, 0.5) is 0 Å². The average Bonchev–Trinajstić information content (AvgIpc) is 3.24. The number of fused-ring (bicyclic) bond motifs is 1. The van der Waals surface area contributed by atoms with Crippen LogP contribution in [0.15, 0.2) is 52.2 Å². The molecule has 1 saturated heterocycles. The topological polar surface area (TPSA) is 73.3 Å². The van der Waals surface area contributed by atoms with Gasteiger partial charge in [0.1, 0.15) is 6.54 Å². The summed E-state index contributed by atoms with van der Waals surface area (Å²) in [5.74, 6) is -0.554. The zero-order valence-corrected chi connectivity index (χ0v) is 13.2. The molecular formula is C17H18N4O3. The fourth-order valence-corrected chi connectivity index (χ4v) is 3.31. The molecule has 2 aromatic heterocycles. The Labute approximate surface area is 138 Å². The molecule has 3 heterocycles. The highest BCUT2D eigenvalue weighted by Gasteiger charge is 2.25. The van der Waals surface area contributed by atoms with Gasteiger partial charge in [0.2, 0.25) is 5.91 Å². The highest BCUT2D eigenvalue weighted by Crippen LogP contribution is 2.21. The number of benzene rings is 1. The Kier molecular flexibility index (Phi) is 3.68. The third-order valence-corrected chi connectivity index (χ3v) is 4.56. The number of carbonyl (C=O) groups excluding carboxylic acids is 1. The SMILES string of the molecule is O=C(Cn1c(=O)oc2ccccc21)N1CCCC(n2ccnc2)C1. The summed E-state index contributed by atoms with van der Waals surface area (Å²) in [6, 6.07) is 7.39. The van der Waals surface area contributed by atoms with Crippen LogP contribution in [-0.4, -0.2) is 38.0 Å². The number of para-hydroxylation sites is 2. The Morgan fingerprint density at radius 2 is 2.21 bits per heavy atom. The van der Waals surface area contributed by atoms with Crippen LogP contribution < -0.4 is 5.76 Å². The van der Waals surface area contributed by atoms with Crippen LogP contribution in [0.3, 0.4) is 0 Å². The van der Waals surface area contributed by atoms with Crippen molar-refractivity contribution in [2.75, 3.05) is 13.1 Å². The van der Waals surface area contributed by atoms with Gasteiger partial charge in [-0.05, 0) is 25.0 Å². The van der Waals surface area contributed by atoms with E-state index in [0.29, 0.717) is 24.2 Å². The maximum Gasteiger partial charge on any atom is 0.420 e. The summed E-state index contributed by atoms with van der Waals surface area (Å²) in [5.41, 5.74) is 1.16. The third kappa shape index (κ3) is 2.62. The molecule has 1 aliphatic rings. The van der Waals surface area contributed by atoms with E-state index in [4.69, 9.17) is 4.42 Å². The minimum atomic E-state index is -0.493. The Morgan fingerprint density at radius 3 is 3.04 bits per heavy atom. The second kappa shape index (κ2) is 5.99. The van der Waals surface area contributed by atoms with Crippen LogP contribution in [-0.2, 0) is 11.3 Å². The first-order valence-corrected chi connectivity index (χ1v) is 8.06. The number of aromatic nitrogens is 3. The lowest BCUT2D eigenvalue weighted by Gasteiger charge is -2.33. The standard InChI is InChI=1S/C17H18N4O3/c22-16(11-21-14-5-1-2-6-15(14)24-17(21)23)19-8-3-4-13(10-19)20-9-7-18-12-20/h1-2,5-7,9,12-13H,3-4,8,10-11H2. The van der Waals surface area contributed by atoms with Crippen molar-refractivity contribution in [1.82, 2.24) is 19.0 Å². The van der Waals surface area contributed by atoms with Crippen molar-refractivity contribution in [3.63, 3.8) is 0 Å². The van der Waals surface area contributed by atoms with Gasteiger partial charge < -0.3 is 13.9 Å². The van der Waals surface area contributed by atoms with Crippen LogP contribution in [0, 0.1) is 0 Å². The van der Waals surface area contributed by atoms with E-state index < -0.39 is 5.76 Å². The van der Waals surface area contributed by atoms with E-state index in [1.54, 1.807) is 30.7 Å². The Morgan fingerprint density at radius 1 is 1.33 bits per heavy atom. The monoisotopic (exact) mass is 326 g/mol. The Hall–Kier alpha value is -2.83. The van der Waals surface area contributed by atoms with Gasteiger partial charge >= 0.3 is 5.76 Å². The fourth-order valence-electron chi connectivity index (χ4n) is 3.31. The Balaban J connectivity index is 1.53. The second-order valence-electron chi connectivity index (χ2n) is 6.07. The zero-order valence-electron chi connectivity index (χ0n) is 13.2. The summed E-state index contributed by atoms with van der Waals surface area (Å²) >= 11 is 0. The first kappa shape index (κ1) is 14.7. The van der Waals surface area contributed by atoms with Gasteiger partial charge in [0.05, 0.1) is 17.9 Å². The summed E-state index contributed by atoms with van der Waals surface area (Å²) in [5, 5.41) is 0. The van der Waals surface area contributed by atoms with E-state index in [1.165, 1.54) is 4.57 Å². The van der Waals surface area contributed by atoms with Crippen LogP contribution in [0.2, 0.25) is 0 Å². The minimum Gasteiger partial charge on any atom is -0.408 e. The summed E-state index contributed by atoms with van der Waals surface area (Å²) < 4.78 is 8.63. The van der Waals surface area contributed by atoms with Crippen molar-refractivity contribution < 1.29 is 9.21 Å². The van der Waals surface area contributed by atoms with Crippen LogP contribution in [0.25, 0.3) is 11.1 Å². The number of likely N-dealkylation sites (tertiary alicyclic amines) is 1. The van der Waals surface area contributed by atoms with Crippen LogP contribution in [0.5, 0.6) is 0 Å². The van der Waals surface area contributed by atoms with Gasteiger partial charge in [-0.3, -0.25) is 9.36 Å². The maximum atomic E-state index is 12.7. The van der Waals surface area contributed by atoms with Crippen molar-refractivity contribution in [3.05, 3.63) is 53.5 Å². The molecule has 0 radical (unpaired) electrons. The molecular weight excluding hydrogens is 308 g/mol. The molecule has 0 saturated carbocycles. The normalized spacial score (nSPS) is 18.2. The number of piperidine rings is 1. The number of nitrogens with zero attached hydrogens (tertiary/aromatic N) is 4. The molecule has 24 heavy (non-hydrogen) atoms. The van der Waals surface area contributed by atoms with E-state index >= 15 is 0 Å². The lowest BCUT2D eigenvalue weighted by Crippen LogP contribution is -2.42. The molecule has 4 rings (SSSR count). The van der Waals surface area contributed by atoms with Gasteiger partial charge in [-0.25, -0.2) is 9.78 Å². The number of hydrogen-bond acceptors (Lipinski definition) is 4. The van der Waals surface area contributed by atoms with E-state index in [9.17, 15) is 9.59 Å². The van der Waals surface area contributed by atoms with Gasteiger partial charge in [-0.1, -0.05) is 12.1 Å². The first-order valence-electron chi connectivity index (χ1n) is 8.06. The molecule has 0 aliphatic carbocycles. The van der Waals surface area contributed by atoms with Crippen molar-refractivity contribution in [2.45, 2.75) is 25.4 Å². The highest BCUT2D eigenvalue weighted by molar-refractivity contribution is 5.79. The molecule has 124 valence electrons. The van der Waals surface area contributed by atoms with Crippen LogP contribution >= 0.6 is 0 Å². The summed E-state index contributed by atoms with van der Waals surface area (Å²) in [6.07, 6.45) is 7.42. The van der Waals surface area contributed by atoms with Gasteiger partial charge in [-0.15, -0.1) is 0 Å². The number of amides is 1. The fraction of sp³-hybridized carbons (Fsp3) is 0.353. The number of rotatable bonds is 3. The quantitative estimate of drug-likeness (QED) is 0.734. The summed E-state index contributed by atoms with van der Waals surface area (Å²) in [6.45, 7) is 1.36. The molecule has 1 unspecified atom stereocenters. The molecule has 7 nitrogen and oxygen atoms in total. The third-order valence-electron chi connectivity index (χ3n) is 4.56. The Bertz CT molecular complexity index is 909. The molecule has 0 spiro atoms. The highest BCUT2D eigenvalue weighted by atomic mass is 16.4. The largest absolute Gasteiger partial charge is 0.420 e. The lowest BCUT2D eigenvalue weighted by atomic mass is 10.1. The molecule has 1 amide bonds. The number of imidazole rings is 1. The van der Waals surface area contributed by atoms with Crippen LogP contribution in [0.1, 0.15) is 18.9 Å². The molecule has 1 aromatic carbocycles. The molecule has 0 N–H and O–H groups in total. The molecule has 1 fully saturated rings. The van der Waals surface area contributed by atoms with E-state index in [0.717, 1.165) is 12.8 Å². The van der Waals surface area contributed by atoms with Gasteiger partial charge in [0.15, 0.2) is 5.58 Å². The van der Waals surface area contributed by atoms with Crippen molar-refractivity contribution in [3.8, 4) is 0 Å². The molecule has 1 atom stereocenters. The molecule has 7 heteroatoms. The van der Waals surface area contributed by atoms with E-state index in [1.807, 2.05) is 21.7 Å².